The maximum absolute atomic E-state index is 12.5. The smallest absolute Gasteiger partial charge is 0.305 e. The minimum atomic E-state index is -0.972. The summed E-state index contributed by atoms with van der Waals surface area (Å²) in [6.07, 6.45) is 1.06. The molecule has 0 aliphatic heterocycles. The summed E-state index contributed by atoms with van der Waals surface area (Å²) in [4.78, 5) is 24.8. The highest BCUT2D eigenvalue weighted by atomic mass is 32.2. The average molecular weight is 373 g/mol. The molecule has 0 saturated carbocycles. The van der Waals surface area contributed by atoms with Crippen LogP contribution in [0.25, 0.3) is 0 Å². The number of carbonyl (C=O) groups is 2. The van der Waals surface area contributed by atoms with Crippen molar-refractivity contribution in [3.63, 3.8) is 0 Å². The molecule has 138 valence electrons. The fraction of sp³-hybridized carbons (Fsp3) is 0.300. The van der Waals surface area contributed by atoms with Crippen LogP contribution < -0.4 is 10.1 Å². The molecule has 1 amide bonds. The fourth-order valence-corrected chi connectivity index (χ4v) is 3.00. The van der Waals surface area contributed by atoms with E-state index in [1.807, 2.05) is 61.7 Å². The standard InChI is InChI=1S/C20H23NO4S/c1-13-6-4-5-7-17(13)18(12-19(22)23)21-20(24)14(2)25-15-8-10-16(26-3)11-9-15/h4-11,14,18H,12H2,1-3H3,(H,21,24)(H,22,23). The Morgan fingerprint density at radius 1 is 1.15 bits per heavy atom. The second-order valence-electron chi connectivity index (χ2n) is 5.95. The number of carbonyl (C=O) groups excluding carboxylic acids is 1. The van der Waals surface area contributed by atoms with Gasteiger partial charge in [-0.2, -0.15) is 0 Å². The first kappa shape index (κ1) is 19.8. The summed E-state index contributed by atoms with van der Waals surface area (Å²) in [6, 6.07) is 14.3. The Labute approximate surface area is 157 Å². The third-order valence-electron chi connectivity index (χ3n) is 4.00. The van der Waals surface area contributed by atoms with Gasteiger partial charge in [0, 0.05) is 4.90 Å². The zero-order valence-corrected chi connectivity index (χ0v) is 15.9. The Morgan fingerprint density at radius 3 is 2.38 bits per heavy atom. The highest BCUT2D eigenvalue weighted by Gasteiger charge is 2.23. The number of aliphatic carboxylic acids is 1. The molecule has 2 N–H and O–H groups in total. The number of carboxylic acid groups (broad SMARTS) is 1. The van der Waals surface area contributed by atoms with Crippen molar-refractivity contribution < 1.29 is 19.4 Å². The zero-order chi connectivity index (χ0) is 19.1. The lowest BCUT2D eigenvalue weighted by molar-refractivity contribution is -0.138. The van der Waals surface area contributed by atoms with E-state index < -0.39 is 18.1 Å². The number of nitrogens with one attached hydrogen (secondary N) is 1. The summed E-state index contributed by atoms with van der Waals surface area (Å²) in [5.74, 6) is -0.732. The molecule has 0 aromatic heterocycles. The molecular formula is C20H23NO4S. The van der Waals surface area contributed by atoms with Crippen LogP contribution in [0.5, 0.6) is 5.75 Å². The third kappa shape index (κ3) is 5.52. The number of benzene rings is 2. The molecule has 0 radical (unpaired) electrons. The van der Waals surface area contributed by atoms with Gasteiger partial charge in [-0.1, -0.05) is 24.3 Å². The van der Waals surface area contributed by atoms with Crippen molar-refractivity contribution in [2.75, 3.05) is 6.26 Å². The van der Waals surface area contributed by atoms with Crippen LogP contribution in [0.3, 0.4) is 0 Å². The number of amides is 1. The molecule has 2 unspecified atom stereocenters. The number of ether oxygens (including phenoxy) is 1. The van der Waals surface area contributed by atoms with E-state index in [-0.39, 0.29) is 12.3 Å². The van der Waals surface area contributed by atoms with E-state index in [0.717, 1.165) is 16.0 Å². The van der Waals surface area contributed by atoms with Gasteiger partial charge in [0.05, 0.1) is 12.5 Å². The van der Waals surface area contributed by atoms with Crippen molar-refractivity contribution >= 4 is 23.6 Å². The molecule has 0 aliphatic rings. The summed E-state index contributed by atoms with van der Waals surface area (Å²) in [7, 11) is 0. The predicted molar refractivity (Wildman–Crippen MR) is 103 cm³/mol. The lowest BCUT2D eigenvalue weighted by Gasteiger charge is -2.22. The van der Waals surface area contributed by atoms with Crippen LogP contribution in [0.4, 0.5) is 0 Å². The average Bonchev–Trinajstić information content (AvgIpc) is 2.61. The van der Waals surface area contributed by atoms with Crippen molar-refractivity contribution in [2.45, 2.75) is 37.3 Å². The number of thioether (sulfide) groups is 1. The van der Waals surface area contributed by atoms with Crippen LogP contribution in [-0.4, -0.2) is 29.3 Å². The second-order valence-corrected chi connectivity index (χ2v) is 6.83. The molecule has 2 atom stereocenters. The minimum Gasteiger partial charge on any atom is -0.481 e. The summed E-state index contributed by atoms with van der Waals surface area (Å²) in [6.45, 7) is 3.54. The highest BCUT2D eigenvalue weighted by Crippen LogP contribution is 2.22. The van der Waals surface area contributed by atoms with E-state index in [9.17, 15) is 14.7 Å². The largest absolute Gasteiger partial charge is 0.481 e. The predicted octanol–water partition coefficient (Wildman–Crippen LogP) is 3.82. The first-order chi connectivity index (χ1) is 12.4. The topological polar surface area (TPSA) is 75.6 Å². The Hall–Kier alpha value is -2.47. The Balaban J connectivity index is 2.07. The molecule has 0 bridgehead atoms. The molecule has 5 nitrogen and oxygen atoms in total. The van der Waals surface area contributed by atoms with Crippen LogP contribution in [-0.2, 0) is 9.59 Å². The van der Waals surface area contributed by atoms with E-state index in [4.69, 9.17) is 4.74 Å². The second kappa shape index (κ2) is 9.29. The fourth-order valence-electron chi connectivity index (χ4n) is 2.59. The Kier molecular flexibility index (Phi) is 7.09. The molecular weight excluding hydrogens is 350 g/mol. The van der Waals surface area contributed by atoms with Gasteiger partial charge in [0.15, 0.2) is 6.10 Å². The van der Waals surface area contributed by atoms with Crippen LogP contribution in [0, 0.1) is 6.92 Å². The minimum absolute atomic E-state index is 0.189. The molecule has 26 heavy (non-hydrogen) atoms. The summed E-state index contributed by atoms with van der Waals surface area (Å²) < 4.78 is 5.68. The van der Waals surface area contributed by atoms with Gasteiger partial charge < -0.3 is 15.2 Å². The molecule has 0 saturated heterocycles. The summed E-state index contributed by atoms with van der Waals surface area (Å²) in [5.41, 5.74) is 1.72. The van der Waals surface area contributed by atoms with Crippen molar-refractivity contribution in [3.8, 4) is 5.75 Å². The van der Waals surface area contributed by atoms with E-state index in [0.29, 0.717) is 5.75 Å². The Bertz CT molecular complexity index is 761. The lowest BCUT2D eigenvalue weighted by Crippen LogP contribution is -2.39. The highest BCUT2D eigenvalue weighted by molar-refractivity contribution is 7.98. The zero-order valence-electron chi connectivity index (χ0n) is 15.1. The van der Waals surface area contributed by atoms with Gasteiger partial charge in [0.1, 0.15) is 5.75 Å². The molecule has 0 fully saturated rings. The van der Waals surface area contributed by atoms with Crippen LogP contribution in [0.2, 0.25) is 0 Å². The SMILES string of the molecule is CSc1ccc(OC(C)C(=O)NC(CC(=O)O)c2ccccc2C)cc1. The first-order valence-corrected chi connectivity index (χ1v) is 9.51. The number of aryl methyl sites for hydroxylation is 1. The van der Waals surface area contributed by atoms with Crippen LogP contribution in [0.1, 0.15) is 30.5 Å². The first-order valence-electron chi connectivity index (χ1n) is 8.29. The van der Waals surface area contributed by atoms with E-state index in [2.05, 4.69) is 5.32 Å². The molecule has 0 spiro atoms. The van der Waals surface area contributed by atoms with Crippen molar-refractivity contribution in [1.82, 2.24) is 5.32 Å². The van der Waals surface area contributed by atoms with Gasteiger partial charge >= 0.3 is 5.97 Å². The van der Waals surface area contributed by atoms with Gasteiger partial charge in [-0.3, -0.25) is 9.59 Å². The maximum atomic E-state index is 12.5. The van der Waals surface area contributed by atoms with Crippen molar-refractivity contribution in [2.24, 2.45) is 0 Å². The van der Waals surface area contributed by atoms with Gasteiger partial charge in [0.2, 0.25) is 0 Å². The Morgan fingerprint density at radius 2 is 1.81 bits per heavy atom. The number of rotatable bonds is 8. The number of hydrogen-bond donors (Lipinski definition) is 2. The van der Waals surface area contributed by atoms with E-state index in [1.54, 1.807) is 18.7 Å². The molecule has 2 aromatic rings. The van der Waals surface area contributed by atoms with Gasteiger partial charge in [-0.25, -0.2) is 0 Å². The monoisotopic (exact) mass is 373 g/mol. The lowest BCUT2D eigenvalue weighted by atomic mass is 9.98. The van der Waals surface area contributed by atoms with Crippen molar-refractivity contribution in [3.05, 3.63) is 59.7 Å². The van der Waals surface area contributed by atoms with Crippen LogP contribution in [0.15, 0.2) is 53.4 Å². The van der Waals surface area contributed by atoms with E-state index in [1.165, 1.54) is 0 Å². The van der Waals surface area contributed by atoms with Crippen LogP contribution >= 0.6 is 11.8 Å². The van der Waals surface area contributed by atoms with Gasteiger partial charge in [-0.15, -0.1) is 11.8 Å². The van der Waals surface area contributed by atoms with Gasteiger partial charge in [-0.05, 0) is 55.5 Å². The quantitative estimate of drug-likeness (QED) is 0.688. The third-order valence-corrected chi connectivity index (χ3v) is 4.74. The molecule has 6 heteroatoms. The molecule has 2 aromatic carbocycles. The maximum Gasteiger partial charge on any atom is 0.305 e. The van der Waals surface area contributed by atoms with Gasteiger partial charge in [0.25, 0.3) is 5.91 Å². The molecule has 0 aliphatic carbocycles. The molecule has 0 heterocycles. The van der Waals surface area contributed by atoms with Crippen molar-refractivity contribution in [1.29, 1.82) is 0 Å². The summed E-state index contributed by atoms with van der Waals surface area (Å²) in [5, 5.41) is 12.0. The molecule has 2 rings (SSSR count). The van der Waals surface area contributed by atoms with E-state index >= 15 is 0 Å². The number of carboxylic acids is 1. The normalized spacial score (nSPS) is 12.9. The summed E-state index contributed by atoms with van der Waals surface area (Å²) >= 11 is 1.63. The number of hydrogen-bond acceptors (Lipinski definition) is 4.